The molecule has 0 N–H and O–H groups in total. The summed E-state index contributed by atoms with van der Waals surface area (Å²) in [6.07, 6.45) is 1.90. The number of hydrogen-bond acceptors (Lipinski definition) is 10. The minimum Gasteiger partial charge on any atom is -0.330 e. The first-order valence-electron chi connectivity index (χ1n) is 8.72. The molecule has 12 heteroatoms. The number of hydrogen-bond donors (Lipinski definition) is 2. The van der Waals surface area contributed by atoms with Crippen molar-refractivity contribution in [3.63, 3.8) is 0 Å². The van der Waals surface area contributed by atoms with E-state index in [1.807, 2.05) is 0 Å². The summed E-state index contributed by atoms with van der Waals surface area (Å²) in [5, 5.41) is -0.673. The van der Waals surface area contributed by atoms with Gasteiger partial charge in [-0.25, -0.2) is 9.59 Å². The Bertz CT molecular complexity index is 640. The molecule has 0 aliphatic carbocycles. The molecule has 2 fully saturated rings. The Morgan fingerprint density at radius 1 is 0.750 bits per heavy atom. The van der Waals surface area contributed by atoms with Crippen LogP contribution in [0.3, 0.4) is 0 Å². The van der Waals surface area contributed by atoms with Crippen LogP contribution in [-0.2, 0) is 38.4 Å². The molecule has 0 aromatic carbocycles. The smallest absolute Gasteiger partial charge is 0.330 e. The molecule has 2 rings (SSSR count). The lowest BCUT2D eigenvalue weighted by molar-refractivity contribution is -0.197. The van der Waals surface area contributed by atoms with Gasteiger partial charge in [0.1, 0.15) is 0 Å². The second-order valence-electron chi connectivity index (χ2n) is 6.33. The molecule has 2 aliphatic rings. The van der Waals surface area contributed by atoms with Crippen molar-refractivity contribution < 1.29 is 38.4 Å². The lowest BCUT2D eigenvalue weighted by Gasteiger charge is -2.13. The molecule has 0 aromatic rings. The molecule has 2 aliphatic heterocycles. The summed E-state index contributed by atoms with van der Waals surface area (Å²) in [7, 11) is 0. The van der Waals surface area contributed by atoms with E-state index in [9.17, 15) is 28.8 Å². The van der Waals surface area contributed by atoms with Crippen molar-refractivity contribution in [2.45, 2.75) is 61.9 Å². The van der Waals surface area contributed by atoms with Crippen LogP contribution in [0.4, 0.5) is 0 Å². The average Bonchev–Trinajstić information content (AvgIpc) is 3.01. The van der Waals surface area contributed by atoms with Crippen molar-refractivity contribution in [2.24, 2.45) is 0 Å². The molecule has 154 valence electrons. The number of rotatable bonds is 9. The molecular weight excluding hydrogens is 412 g/mol. The Morgan fingerprint density at radius 3 is 1.39 bits per heavy atom. The second kappa shape index (κ2) is 9.92. The standard InChI is InChI=1S/C16H20N2O8S2/c19-11-7-9(27)15(23)17(11)25-13(21)5-3-1-2-4-6-14(22)26-18-12(20)8-10(28)16(18)24/h9-10,27-28H,1-8H2. The molecule has 2 unspecified atom stereocenters. The summed E-state index contributed by atoms with van der Waals surface area (Å²) in [6, 6.07) is 0. The monoisotopic (exact) mass is 432 g/mol. The van der Waals surface area contributed by atoms with Gasteiger partial charge in [-0.05, 0) is 12.8 Å². The lowest BCUT2D eigenvalue weighted by Crippen LogP contribution is -2.33. The SMILES string of the molecule is O=C(CCCCCCC(=O)ON1C(=O)CC(S)C1=O)ON1C(=O)CC(S)C1=O. The average molecular weight is 432 g/mol. The number of hydroxylamine groups is 4. The fourth-order valence-corrected chi connectivity index (χ4v) is 3.09. The number of carbonyl (C=O) groups is 6. The van der Waals surface area contributed by atoms with Crippen molar-refractivity contribution in [1.29, 1.82) is 0 Å². The second-order valence-corrected chi connectivity index (χ2v) is 7.58. The van der Waals surface area contributed by atoms with Crippen molar-refractivity contribution in [1.82, 2.24) is 10.1 Å². The molecule has 0 saturated carbocycles. The molecule has 0 spiro atoms. The molecular formula is C16H20N2O8S2. The van der Waals surface area contributed by atoms with Crippen molar-refractivity contribution in [3.05, 3.63) is 0 Å². The van der Waals surface area contributed by atoms with Gasteiger partial charge in [-0.1, -0.05) is 12.8 Å². The normalized spacial score (nSPS) is 22.2. The summed E-state index contributed by atoms with van der Waals surface area (Å²) in [6.45, 7) is 0. The Kier molecular flexibility index (Phi) is 7.87. The molecule has 10 nitrogen and oxygen atoms in total. The zero-order chi connectivity index (χ0) is 20.8. The van der Waals surface area contributed by atoms with Crippen LogP contribution in [0.25, 0.3) is 0 Å². The number of imide groups is 2. The number of carbonyl (C=O) groups excluding carboxylic acids is 6. The van der Waals surface area contributed by atoms with Gasteiger partial charge in [0.05, 0.1) is 23.3 Å². The Labute approximate surface area is 171 Å². The maximum atomic E-state index is 11.7. The van der Waals surface area contributed by atoms with E-state index in [-0.39, 0.29) is 25.7 Å². The van der Waals surface area contributed by atoms with Crippen molar-refractivity contribution in [2.75, 3.05) is 0 Å². The number of unbranched alkanes of at least 4 members (excludes halogenated alkanes) is 3. The Hall–Kier alpha value is -2.08. The summed E-state index contributed by atoms with van der Waals surface area (Å²) in [5.41, 5.74) is 0. The Morgan fingerprint density at radius 2 is 1.11 bits per heavy atom. The first kappa shape index (κ1) is 22.2. The third kappa shape index (κ3) is 5.71. The molecule has 0 bridgehead atoms. The van der Waals surface area contributed by atoms with Gasteiger partial charge in [-0.2, -0.15) is 25.3 Å². The van der Waals surface area contributed by atoms with Crippen LogP contribution in [-0.4, -0.2) is 56.2 Å². The van der Waals surface area contributed by atoms with E-state index in [1.54, 1.807) is 0 Å². The third-order valence-corrected chi connectivity index (χ3v) is 4.86. The minimum absolute atomic E-state index is 0.0128. The number of amides is 4. The Balaban J connectivity index is 1.56. The summed E-state index contributed by atoms with van der Waals surface area (Å²) >= 11 is 7.84. The van der Waals surface area contributed by atoms with E-state index < -0.39 is 46.1 Å². The van der Waals surface area contributed by atoms with Gasteiger partial charge in [-0.3, -0.25) is 19.2 Å². The maximum absolute atomic E-state index is 11.7. The van der Waals surface area contributed by atoms with E-state index in [1.165, 1.54) is 0 Å². The molecule has 2 heterocycles. The topological polar surface area (TPSA) is 127 Å². The van der Waals surface area contributed by atoms with E-state index in [2.05, 4.69) is 25.3 Å². The molecule has 2 saturated heterocycles. The van der Waals surface area contributed by atoms with Crippen LogP contribution in [0.15, 0.2) is 0 Å². The van der Waals surface area contributed by atoms with Gasteiger partial charge in [0.15, 0.2) is 0 Å². The summed E-state index contributed by atoms with van der Waals surface area (Å²) < 4.78 is 0. The van der Waals surface area contributed by atoms with Gasteiger partial charge in [0, 0.05) is 12.8 Å². The highest BCUT2D eigenvalue weighted by atomic mass is 32.1. The van der Waals surface area contributed by atoms with Crippen LogP contribution in [0.5, 0.6) is 0 Å². The molecule has 28 heavy (non-hydrogen) atoms. The highest BCUT2D eigenvalue weighted by Gasteiger charge is 2.40. The summed E-state index contributed by atoms with van der Waals surface area (Å²) in [4.78, 5) is 78.9. The number of thiol groups is 2. The fraction of sp³-hybridized carbons (Fsp3) is 0.625. The van der Waals surface area contributed by atoms with Gasteiger partial charge in [-0.15, -0.1) is 10.1 Å². The molecule has 2 atom stereocenters. The van der Waals surface area contributed by atoms with Crippen LogP contribution in [0, 0.1) is 0 Å². The molecule has 4 amide bonds. The largest absolute Gasteiger partial charge is 0.333 e. The van der Waals surface area contributed by atoms with Crippen LogP contribution >= 0.6 is 25.3 Å². The highest BCUT2D eigenvalue weighted by Crippen LogP contribution is 2.20. The quantitative estimate of drug-likeness (QED) is 0.304. The van der Waals surface area contributed by atoms with E-state index in [0.29, 0.717) is 35.8 Å². The highest BCUT2D eigenvalue weighted by molar-refractivity contribution is 7.82. The van der Waals surface area contributed by atoms with Gasteiger partial charge in [0.25, 0.3) is 23.6 Å². The predicted molar refractivity (Wildman–Crippen MR) is 98.4 cm³/mol. The predicted octanol–water partition coefficient (Wildman–Crippen LogP) is 0.358. The van der Waals surface area contributed by atoms with Crippen molar-refractivity contribution >= 4 is 60.8 Å². The van der Waals surface area contributed by atoms with Gasteiger partial charge >= 0.3 is 11.9 Å². The third-order valence-electron chi connectivity index (χ3n) is 4.06. The van der Waals surface area contributed by atoms with Gasteiger partial charge < -0.3 is 9.68 Å². The van der Waals surface area contributed by atoms with E-state index in [0.717, 1.165) is 0 Å². The van der Waals surface area contributed by atoms with E-state index in [4.69, 9.17) is 9.68 Å². The van der Waals surface area contributed by atoms with Gasteiger partial charge in [0.2, 0.25) is 0 Å². The van der Waals surface area contributed by atoms with Crippen LogP contribution in [0.1, 0.15) is 51.4 Å². The zero-order valence-corrected chi connectivity index (χ0v) is 16.7. The minimum atomic E-state index is -0.787. The van der Waals surface area contributed by atoms with Crippen molar-refractivity contribution in [3.8, 4) is 0 Å². The molecule has 0 aromatic heterocycles. The zero-order valence-electron chi connectivity index (χ0n) is 14.9. The maximum Gasteiger partial charge on any atom is 0.333 e. The van der Waals surface area contributed by atoms with Crippen LogP contribution < -0.4 is 0 Å². The summed E-state index contributed by atoms with van der Waals surface area (Å²) in [5.74, 6) is -3.90. The first-order chi connectivity index (χ1) is 13.2. The molecule has 0 radical (unpaired) electrons. The van der Waals surface area contributed by atoms with Crippen LogP contribution in [0.2, 0.25) is 0 Å². The first-order valence-corrected chi connectivity index (χ1v) is 9.75. The number of nitrogens with zero attached hydrogens (tertiary/aromatic N) is 2. The van der Waals surface area contributed by atoms with E-state index >= 15 is 0 Å². The fourth-order valence-electron chi connectivity index (χ4n) is 2.57. The lowest BCUT2D eigenvalue weighted by atomic mass is 10.1.